The number of non-ortho nitro benzene ring substituents is 1. The summed E-state index contributed by atoms with van der Waals surface area (Å²) in [7, 11) is 0. The molecule has 1 amide bonds. The molecule has 1 aliphatic heterocycles. The Hall–Kier alpha value is -2.99. The van der Waals surface area contributed by atoms with Gasteiger partial charge in [0.05, 0.1) is 4.92 Å². The van der Waals surface area contributed by atoms with E-state index in [1.807, 2.05) is 42.5 Å². The minimum atomic E-state index is -0.516. The van der Waals surface area contributed by atoms with Gasteiger partial charge in [0.1, 0.15) is 0 Å². The van der Waals surface area contributed by atoms with Crippen LogP contribution >= 0.6 is 15.9 Å². The molecular weight excluding hydrogens is 456 g/mol. The Bertz CT molecular complexity index is 1160. The summed E-state index contributed by atoms with van der Waals surface area (Å²) < 4.78 is 0.898. The molecule has 0 spiro atoms. The van der Waals surface area contributed by atoms with E-state index in [9.17, 15) is 14.9 Å². The number of nitrogens with zero attached hydrogens (tertiary/aromatic N) is 2. The van der Waals surface area contributed by atoms with E-state index < -0.39 is 11.0 Å². The Morgan fingerprint density at radius 2 is 1.65 bits per heavy atom. The van der Waals surface area contributed by atoms with Crippen molar-refractivity contribution in [2.24, 2.45) is 0 Å². The maximum absolute atomic E-state index is 13.6. The largest absolute Gasteiger partial charge is 0.302 e. The summed E-state index contributed by atoms with van der Waals surface area (Å²) in [5.74, 6) is -0.122. The number of nitro groups is 1. The maximum Gasteiger partial charge on any atom is 0.269 e. The fraction of sp³-hybridized carbons (Fsp3) is 0.240. The third kappa shape index (κ3) is 3.65. The van der Waals surface area contributed by atoms with Crippen molar-refractivity contribution in [3.8, 4) is 0 Å². The van der Waals surface area contributed by atoms with Gasteiger partial charge in [-0.15, -0.1) is 0 Å². The summed E-state index contributed by atoms with van der Waals surface area (Å²) >= 11 is 3.41. The summed E-state index contributed by atoms with van der Waals surface area (Å²) in [5.41, 5.74) is 2.17. The summed E-state index contributed by atoms with van der Waals surface area (Å²) in [6, 6.07) is 22.1. The van der Waals surface area contributed by atoms with Crippen LogP contribution in [0, 0.1) is 10.1 Å². The number of rotatable bonds is 3. The third-order valence-corrected chi connectivity index (χ3v) is 6.65. The first-order valence-corrected chi connectivity index (χ1v) is 10.9. The van der Waals surface area contributed by atoms with Gasteiger partial charge in [-0.25, -0.2) is 0 Å². The van der Waals surface area contributed by atoms with Crippen LogP contribution in [0.2, 0.25) is 0 Å². The second-order valence-corrected chi connectivity index (χ2v) is 9.71. The molecule has 0 bridgehead atoms. The molecule has 0 saturated carbocycles. The van der Waals surface area contributed by atoms with Crippen LogP contribution < -0.4 is 4.90 Å². The minimum absolute atomic E-state index is 0.0247. The predicted octanol–water partition coefficient (Wildman–Crippen LogP) is 6.49. The molecule has 0 unspecified atom stereocenters. The van der Waals surface area contributed by atoms with Crippen molar-refractivity contribution in [3.05, 3.63) is 104 Å². The van der Waals surface area contributed by atoms with E-state index in [4.69, 9.17) is 0 Å². The maximum atomic E-state index is 13.6. The first-order valence-electron chi connectivity index (χ1n) is 10.1. The minimum Gasteiger partial charge on any atom is -0.302 e. The molecule has 1 heterocycles. The van der Waals surface area contributed by atoms with Crippen LogP contribution in [0.25, 0.3) is 0 Å². The molecule has 0 N–H and O–H groups in total. The fourth-order valence-corrected chi connectivity index (χ4v) is 5.07. The van der Waals surface area contributed by atoms with E-state index in [2.05, 4.69) is 36.7 Å². The molecule has 0 fully saturated rings. The lowest BCUT2D eigenvalue weighted by molar-refractivity contribution is -0.385. The van der Waals surface area contributed by atoms with Crippen molar-refractivity contribution in [2.45, 2.75) is 38.1 Å². The normalized spacial score (nSPS) is 19.5. The van der Waals surface area contributed by atoms with Gasteiger partial charge >= 0.3 is 0 Å². The number of fused-ring (bicyclic) bond motifs is 1. The number of carbonyl (C=O) groups excluding carboxylic acids is 1. The van der Waals surface area contributed by atoms with Crippen molar-refractivity contribution in [1.29, 1.82) is 0 Å². The molecular formula is C25H23BrN2O3. The first-order chi connectivity index (χ1) is 14.6. The molecule has 5 nitrogen and oxygen atoms in total. The SMILES string of the molecule is CC1(C)C[C@@](C)(c2ccccc2)c2cc([N+](=O)[O-])ccc2N1C(=O)c1ccc(Br)cc1. The van der Waals surface area contributed by atoms with Gasteiger partial charge in [-0.3, -0.25) is 14.9 Å². The Morgan fingerprint density at radius 3 is 2.26 bits per heavy atom. The van der Waals surface area contributed by atoms with Crippen LogP contribution in [0.5, 0.6) is 0 Å². The zero-order chi connectivity index (χ0) is 22.4. The number of halogens is 1. The van der Waals surface area contributed by atoms with Crippen molar-refractivity contribution >= 4 is 33.2 Å². The standard InChI is InChI=1S/C25H23BrN2O3/c1-24(2)16-25(3,18-7-5-4-6-8-18)21-15-20(28(30)31)13-14-22(21)27(24)23(29)17-9-11-19(26)12-10-17/h4-15H,16H2,1-3H3/t25-/m0/s1. The zero-order valence-electron chi connectivity index (χ0n) is 17.6. The van der Waals surface area contributed by atoms with Gasteiger partial charge in [0.2, 0.25) is 0 Å². The molecule has 31 heavy (non-hydrogen) atoms. The predicted molar refractivity (Wildman–Crippen MR) is 126 cm³/mol. The monoisotopic (exact) mass is 478 g/mol. The molecule has 6 heteroatoms. The average Bonchev–Trinajstić information content (AvgIpc) is 2.74. The van der Waals surface area contributed by atoms with Gasteiger partial charge in [-0.2, -0.15) is 0 Å². The van der Waals surface area contributed by atoms with Crippen LogP contribution in [0.3, 0.4) is 0 Å². The first kappa shape index (κ1) is 21.2. The Labute approximate surface area is 190 Å². The number of amides is 1. The van der Waals surface area contributed by atoms with E-state index in [0.29, 0.717) is 17.7 Å². The van der Waals surface area contributed by atoms with Gasteiger partial charge in [0, 0.05) is 38.8 Å². The van der Waals surface area contributed by atoms with Crippen LogP contribution in [0.15, 0.2) is 77.3 Å². The smallest absolute Gasteiger partial charge is 0.269 e. The molecule has 0 saturated heterocycles. The molecule has 1 aliphatic rings. The molecule has 4 rings (SSSR count). The highest BCUT2D eigenvalue weighted by molar-refractivity contribution is 9.10. The number of hydrogen-bond donors (Lipinski definition) is 0. The van der Waals surface area contributed by atoms with E-state index in [1.54, 1.807) is 29.2 Å². The molecule has 3 aromatic rings. The van der Waals surface area contributed by atoms with Crippen LogP contribution in [0.4, 0.5) is 11.4 Å². The van der Waals surface area contributed by atoms with Crippen molar-refractivity contribution in [2.75, 3.05) is 4.90 Å². The lowest BCUT2D eigenvalue weighted by Crippen LogP contribution is -2.55. The van der Waals surface area contributed by atoms with Crippen molar-refractivity contribution < 1.29 is 9.72 Å². The second kappa shape index (κ2) is 7.61. The molecule has 0 aromatic heterocycles. The van der Waals surface area contributed by atoms with E-state index >= 15 is 0 Å². The van der Waals surface area contributed by atoms with Gasteiger partial charge in [-0.1, -0.05) is 53.2 Å². The molecule has 158 valence electrons. The van der Waals surface area contributed by atoms with Crippen molar-refractivity contribution in [3.63, 3.8) is 0 Å². The Balaban J connectivity index is 1.94. The molecule has 0 aliphatic carbocycles. The Kier molecular flexibility index (Phi) is 5.21. The third-order valence-electron chi connectivity index (χ3n) is 6.12. The number of anilines is 1. The topological polar surface area (TPSA) is 63.5 Å². The van der Waals surface area contributed by atoms with Gasteiger partial charge in [0.25, 0.3) is 11.6 Å². The van der Waals surface area contributed by atoms with Crippen LogP contribution in [-0.2, 0) is 5.41 Å². The van der Waals surface area contributed by atoms with Gasteiger partial charge in [-0.05, 0) is 61.7 Å². The summed E-state index contributed by atoms with van der Waals surface area (Å²) in [6.45, 7) is 6.21. The second-order valence-electron chi connectivity index (χ2n) is 8.79. The summed E-state index contributed by atoms with van der Waals surface area (Å²) in [5, 5.41) is 11.6. The zero-order valence-corrected chi connectivity index (χ0v) is 19.2. The average molecular weight is 479 g/mol. The van der Waals surface area contributed by atoms with E-state index in [0.717, 1.165) is 15.6 Å². The summed E-state index contributed by atoms with van der Waals surface area (Å²) in [4.78, 5) is 26.6. The number of hydrogen-bond acceptors (Lipinski definition) is 3. The molecule has 0 radical (unpaired) electrons. The lowest BCUT2D eigenvalue weighted by Gasteiger charge is -2.51. The number of benzene rings is 3. The molecule has 3 aromatic carbocycles. The van der Waals surface area contributed by atoms with Crippen LogP contribution in [0.1, 0.15) is 48.7 Å². The van der Waals surface area contributed by atoms with Gasteiger partial charge in [0.15, 0.2) is 0 Å². The van der Waals surface area contributed by atoms with Crippen molar-refractivity contribution in [1.82, 2.24) is 0 Å². The highest BCUT2D eigenvalue weighted by Crippen LogP contribution is 2.51. The highest BCUT2D eigenvalue weighted by atomic mass is 79.9. The molecule has 1 atom stereocenters. The quantitative estimate of drug-likeness (QED) is 0.319. The lowest BCUT2D eigenvalue weighted by atomic mass is 9.65. The van der Waals surface area contributed by atoms with Crippen LogP contribution in [-0.4, -0.2) is 16.4 Å². The van der Waals surface area contributed by atoms with E-state index in [-0.39, 0.29) is 16.5 Å². The Morgan fingerprint density at radius 1 is 1.00 bits per heavy atom. The highest BCUT2D eigenvalue weighted by Gasteiger charge is 2.48. The fourth-order valence-electron chi connectivity index (χ4n) is 4.81. The van der Waals surface area contributed by atoms with E-state index in [1.165, 1.54) is 6.07 Å². The number of carbonyl (C=O) groups is 1. The number of nitro benzene ring substituents is 1. The van der Waals surface area contributed by atoms with Gasteiger partial charge < -0.3 is 4.90 Å². The summed E-state index contributed by atoms with van der Waals surface area (Å²) in [6.07, 6.45) is 0.625.